The zero-order chi connectivity index (χ0) is 18.4. The maximum atomic E-state index is 13.5. The number of hydrogen-bond acceptors (Lipinski definition) is 4. The lowest BCUT2D eigenvalue weighted by atomic mass is 10.1. The van der Waals surface area contributed by atoms with E-state index in [-0.39, 0.29) is 19.0 Å². The standard InChI is InChI=1S/C16H19F2N5O2/c1-19-14(10-8-22-23(2)9-10)16(25)21-7-6-20-15(24)13-11(17)4-3-5-12(13)18/h3-5,8-9,14,19H,6-7H2,1-2H3,(H,20,24)(H,21,25). The Kier molecular flexibility index (Phi) is 6.18. The quantitative estimate of drug-likeness (QED) is 0.634. The first-order chi connectivity index (χ1) is 11.9. The van der Waals surface area contributed by atoms with Gasteiger partial charge in [-0.25, -0.2) is 8.78 Å². The molecular weight excluding hydrogens is 332 g/mol. The Labute approximate surface area is 143 Å². The van der Waals surface area contributed by atoms with Gasteiger partial charge in [0.25, 0.3) is 5.91 Å². The molecule has 1 heterocycles. The molecule has 0 radical (unpaired) electrons. The van der Waals surface area contributed by atoms with Crippen LogP contribution in [0.3, 0.4) is 0 Å². The second-order valence-electron chi connectivity index (χ2n) is 5.31. The molecule has 0 spiro atoms. The van der Waals surface area contributed by atoms with E-state index in [1.54, 1.807) is 31.2 Å². The number of carbonyl (C=O) groups excluding carboxylic acids is 2. The third kappa shape index (κ3) is 4.60. The number of aromatic nitrogens is 2. The van der Waals surface area contributed by atoms with Crippen LogP contribution >= 0.6 is 0 Å². The van der Waals surface area contributed by atoms with Gasteiger partial charge in [-0.2, -0.15) is 5.10 Å². The van der Waals surface area contributed by atoms with Crippen LogP contribution in [-0.4, -0.2) is 41.7 Å². The minimum Gasteiger partial charge on any atom is -0.353 e. The zero-order valence-electron chi connectivity index (χ0n) is 13.8. The van der Waals surface area contributed by atoms with Gasteiger partial charge in [0, 0.05) is 31.9 Å². The average molecular weight is 351 g/mol. The van der Waals surface area contributed by atoms with Crippen molar-refractivity contribution in [2.45, 2.75) is 6.04 Å². The number of rotatable bonds is 7. The molecule has 1 unspecified atom stereocenters. The van der Waals surface area contributed by atoms with E-state index in [1.165, 1.54) is 6.07 Å². The Hall–Kier alpha value is -2.81. The van der Waals surface area contributed by atoms with Gasteiger partial charge >= 0.3 is 0 Å². The van der Waals surface area contributed by atoms with Gasteiger partial charge < -0.3 is 16.0 Å². The van der Waals surface area contributed by atoms with Crippen molar-refractivity contribution in [3.8, 4) is 0 Å². The van der Waals surface area contributed by atoms with Crippen LogP contribution in [0.4, 0.5) is 8.78 Å². The van der Waals surface area contributed by atoms with E-state index >= 15 is 0 Å². The van der Waals surface area contributed by atoms with Crippen LogP contribution in [0.1, 0.15) is 22.0 Å². The molecule has 0 aliphatic carbocycles. The second kappa shape index (κ2) is 8.34. The highest BCUT2D eigenvalue weighted by Gasteiger charge is 2.20. The third-order valence-corrected chi connectivity index (χ3v) is 3.51. The summed E-state index contributed by atoms with van der Waals surface area (Å²) in [5.74, 6) is -3.05. The first-order valence-corrected chi connectivity index (χ1v) is 7.59. The number of benzene rings is 1. The summed E-state index contributed by atoms with van der Waals surface area (Å²) >= 11 is 0. The van der Waals surface area contributed by atoms with Gasteiger partial charge in [-0.3, -0.25) is 14.3 Å². The molecule has 3 N–H and O–H groups in total. The van der Waals surface area contributed by atoms with Gasteiger partial charge in [-0.05, 0) is 19.2 Å². The van der Waals surface area contributed by atoms with Crippen LogP contribution in [0, 0.1) is 11.6 Å². The van der Waals surface area contributed by atoms with Gasteiger partial charge in [0.15, 0.2) is 0 Å². The van der Waals surface area contributed by atoms with Crippen LogP contribution in [0.15, 0.2) is 30.6 Å². The zero-order valence-corrected chi connectivity index (χ0v) is 13.8. The maximum absolute atomic E-state index is 13.5. The molecule has 0 saturated carbocycles. The fourth-order valence-corrected chi connectivity index (χ4v) is 2.31. The molecule has 0 fully saturated rings. The van der Waals surface area contributed by atoms with E-state index in [0.29, 0.717) is 5.56 Å². The molecule has 2 rings (SSSR count). The first kappa shape index (κ1) is 18.5. The highest BCUT2D eigenvalue weighted by Crippen LogP contribution is 2.12. The summed E-state index contributed by atoms with van der Waals surface area (Å²) in [6.45, 7) is 0.140. The molecule has 25 heavy (non-hydrogen) atoms. The summed E-state index contributed by atoms with van der Waals surface area (Å²) in [6.07, 6.45) is 3.28. The van der Waals surface area contributed by atoms with Crippen molar-refractivity contribution in [3.05, 3.63) is 53.4 Å². The van der Waals surface area contributed by atoms with Crippen molar-refractivity contribution >= 4 is 11.8 Å². The normalized spacial score (nSPS) is 11.8. The number of hydrogen-bond donors (Lipinski definition) is 3. The monoisotopic (exact) mass is 351 g/mol. The molecule has 7 nitrogen and oxygen atoms in total. The van der Waals surface area contributed by atoms with E-state index in [4.69, 9.17) is 0 Å². The number of aryl methyl sites for hydroxylation is 1. The van der Waals surface area contributed by atoms with Gasteiger partial charge in [-0.1, -0.05) is 6.07 Å². The van der Waals surface area contributed by atoms with Crippen molar-refractivity contribution in [1.29, 1.82) is 0 Å². The van der Waals surface area contributed by atoms with E-state index in [2.05, 4.69) is 21.0 Å². The van der Waals surface area contributed by atoms with Crippen LogP contribution < -0.4 is 16.0 Å². The minimum atomic E-state index is -0.937. The van der Waals surface area contributed by atoms with Crippen molar-refractivity contribution in [1.82, 2.24) is 25.7 Å². The van der Waals surface area contributed by atoms with Crippen LogP contribution in [-0.2, 0) is 11.8 Å². The van der Waals surface area contributed by atoms with E-state index in [9.17, 15) is 18.4 Å². The molecule has 1 aromatic heterocycles. The molecule has 0 saturated heterocycles. The molecule has 9 heteroatoms. The summed E-state index contributed by atoms with van der Waals surface area (Å²) in [7, 11) is 3.38. The fourth-order valence-electron chi connectivity index (χ4n) is 2.31. The molecule has 134 valence electrons. The molecule has 2 amide bonds. The number of nitrogens with zero attached hydrogens (tertiary/aromatic N) is 2. The number of likely N-dealkylation sites (N-methyl/N-ethyl adjacent to an activating group) is 1. The Balaban J connectivity index is 1.84. The topological polar surface area (TPSA) is 88.1 Å². The molecule has 0 aliphatic rings. The number of nitrogens with one attached hydrogen (secondary N) is 3. The average Bonchev–Trinajstić information content (AvgIpc) is 2.98. The van der Waals surface area contributed by atoms with Crippen LogP contribution in [0.2, 0.25) is 0 Å². The van der Waals surface area contributed by atoms with Crippen LogP contribution in [0.5, 0.6) is 0 Å². The van der Waals surface area contributed by atoms with Gasteiger partial charge in [-0.15, -0.1) is 0 Å². The molecule has 2 aromatic rings. The molecular formula is C16H19F2N5O2. The number of halogens is 2. The predicted molar refractivity (Wildman–Crippen MR) is 86.7 cm³/mol. The molecule has 0 bridgehead atoms. The Morgan fingerprint density at radius 3 is 2.40 bits per heavy atom. The number of carbonyl (C=O) groups is 2. The highest BCUT2D eigenvalue weighted by atomic mass is 19.1. The van der Waals surface area contributed by atoms with E-state index < -0.39 is 29.1 Å². The third-order valence-electron chi connectivity index (χ3n) is 3.51. The summed E-state index contributed by atoms with van der Waals surface area (Å²) in [4.78, 5) is 24.0. The smallest absolute Gasteiger partial charge is 0.257 e. The Morgan fingerprint density at radius 1 is 1.20 bits per heavy atom. The minimum absolute atomic E-state index is 0.0296. The SMILES string of the molecule is CNC(C(=O)NCCNC(=O)c1c(F)cccc1F)c1cnn(C)c1. The maximum Gasteiger partial charge on any atom is 0.257 e. The molecule has 1 atom stereocenters. The number of amides is 2. The van der Waals surface area contributed by atoms with Crippen LogP contribution in [0.25, 0.3) is 0 Å². The van der Waals surface area contributed by atoms with Gasteiger partial charge in [0.2, 0.25) is 5.91 Å². The molecule has 0 aliphatic heterocycles. The lowest BCUT2D eigenvalue weighted by molar-refractivity contribution is -0.123. The Bertz CT molecular complexity index is 742. The fraction of sp³-hybridized carbons (Fsp3) is 0.312. The van der Waals surface area contributed by atoms with E-state index in [0.717, 1.165) is 12.1 Å². The summed E-state index contributed by atoms with van der Waals surface area (Å²) in [5, 5.41) is 11.9. The lowest BCUT2D eigenvalue weighted by Crippen LogP contribution is -2.40. The first-order valence-electron chi connectivity index (χ1n) is 7.59. The summed E-state index contributed by atoms with van der Waals surface area (Å²) < 4.78 is 28.6. The second-order valence-corrected chi connectivity index (χ2v) is 5.31. The van der Waals surface area contributed by atoms with Crippen molar-refractivity contribution < 1.29 is 18.4 Å². The highest BCUT2D eigenvalue weighted by molar-refractivity contribution is 5.94. The predicted octanol–water partition coefficient (Wildman–Crippen LogP) is 0.505. The van der Waals surface area contributed by atoms with Crippen molar-refractivity contribution in [3.63, 3.8) is 0 Å². The Morgan fingerprint density at radius 2 is 1.84 bits per heavy atom. The van der Waals surface area contributed by atoms with E-state index in [1.807, 2.05) is 0 Å². The lowest BCUT2D eigenvalue weighted by Gasteiger charge is -2.15. The summed E-state index contributed by atoms with van der Waals surface area (Å²) in [6, 6.07) is 2.60. The largest absolute Gasteiger partial charge is 0.353 e. The van der Waals surface area contributed by atoms with Crippen molar-refractivity contribution in [2.24, 2.45) is 7.05 Å². The van der Waals surface area contributed by atoms with Gasteiger partial charge in [0.1, 0.15) is 23.2 Å². The van der Waals surface area contributed by atoms with Gasteiger partial charge in [0.05, 0.1) is 6.20 Å². The molecule has 1 aromatic carbocycles. The summed E-state index contributed by atoms with van der Waals surface area (Å²) in [5.41, 5.74) is 0.0530. The van der Waals surface area contributed by atoms with Crippen molar-refractivity contribution in [2.75, 3.05) is 20.1 Å².